The number of para-hydroxylation sites is 1. The number of rotatable bonds is 1. The van der Waals surface area contributed by atoms with E-state index < -0.39 is 15.6 Å². The third kappa shape index (κ3) is 2.29. The molecule has 1 aliphatic rings. The Morgan fingerprint density at radius 3 is 2.60 bits per heavy atom. The van der Waals surface area contributed by atoms with Crippen LogP contribution in [0, 0.1) is 11.3 Å². The molecule has 1 aromatic heterocycles. The third-order valence-corrected chi connectivity index (χ3v) is 5.30. The minimum Gasteiger partial charge on any atom is -0.305 e. The number of nitrogens with one attached hydrogen (secondary N) is 2. The molecular formula is C17H10N4O3S. The highest BCUT2D eigenvalue weighted by Crippen LogP contribution is 2.33. The Morgan fingerprint density at radius 1 is 1.08 bits per heavy atom. The molecule has 0 aliphatic carbocycles. The van der Waals surface area contributed by atoms with Crippen LogP contribution in [0.1, 0.15) is 11.4 Å². The van der Waals surface area contributed by atoms with E-state index in [4.69, 9.17) is 0 Å². The van der Waals surface area contributed by atoms with Gasteiger partial charge in [0, 0.05) is 5.56 Å². The van der Waals surface area contributed by atoms with Gasteiger partial charge < -0.3 is 4.98 Å². The summed E-state index contributed by atoms with van der Waals surface area (Å²) in [5.41, 5.74) is 0.453. The van der Waals surface area contributed by atoms with Gasteiger partial charge in [-0.3, -0.25) is 9.52 Å². The van der Waals surface area contributed by atoms with Crippen LogP contribution in [0.2, 0.25) is 0 Å². The van der Waals surface area contributed by atoms with Gasteiger partial charge in [0.15, 0.2) is 5.82 Å². The Bertz CT molecular complexity index is 1270. The van der Waals surface area contributed by atoms with E-state index in [1.807, 2.05) is 6.07 Å². The van der Waals surface area contributed by atoms with Crippen LogP contribution in [-0.4, -0.2) is 18.4 Å². The fourth-order valence-corrected chi connectivity index (χ4v) is 4.08. The summed E-state index contributed by atoms with van der Waals surface area (Å²) in [5.74, 6) is 0.0144. The molecule has 0 spiro atoms. The molecule has 122 valence electrons. The van der Waals surface area contributed by atoms with Crippen molar-refractivity contribution < 1.29 is 8.42 Å². The zero-order valence-electron chi connectivity index (χ0n) is 12.6. The molecule has 8 heteroatoms. The number of aromatic amines is 1. The Balaban J connectivity index is 2.04. The second kappa shape index (κ2) is 5.29. The Labute approximate surface area is 142 Å². The van der Waals surface area contributed by atoms with Crippen molar-refractivity contribution in [3.8, 4) is 6.07 Å². The lowest BCUT2D eigenvalue weighted by Gasteiger charge is -2.05. The molecule has 2 N–H and O–H groups in total. The molecule has 0 radical (unpaired) electrons. The average Bonchev–Trinajstić information content (AvgIpc) is 2.88. The van der Waals surface area contributed by atoms with E-state index in [1.165, 1.54) is 6.07 Å². The molecule has 3 aromatic rings. The smallest absolute Gasteiger partial charge is 0.262 e. The topological polar surface area (TPSA) is 116 Å². The highest BCUT2D eigenvalue weighted by Gasteiger charge is 2.32. The number of hydrogen-bond donors (Lipinski definition) is 2. The van der Waals surface area contributed by atoms with Crippen molar-refractivity contribution in [3.05, 3.63) is 70.3 Å². The van der Waals surface area contributed by atoms with Gasteiger partial charge in [-0.25, -0.2) is 13.4 Å². The fraction of sp³-hybridized carbons (Fsp3) is 0. The number of sulfonamides is 1. The summed E-state index contributed by atoms with van der Waals surface area (Å²) in [6.45, 7) is 0. The normalized spacial score (nSPS) is 16.8. The van der Waals surface area contributed by atoms with Crippen LogP contribution < -0.4 is 10.3 Å². The monoisotopic (exact) mass is 350 g/mol. The molecule has 0 saturated carbocycles. The number of allylic oxidation sites excluding steroid dienone is 1. The maximum atomic E-state index is 12.2. The van der Waals surface area contributed by atoms with Crippen molar-refractivity contribution in [2.45, 2.75) is 4.90 Å². The number of benzene rings is 2. The first-order valence-corrected chi connectivity index (χ1v) is 8.75. The molecule has 0 unspecified atom stereocenters. The van der Waals surface area contributed by atoms with Crippen LogP contribution >= 0.6 is 0 Å². The molecule has 2 aromatic carbocycles. The highest BCUT2D eigenvalue weighted by molar-refractivity contribution is 7.90. The predicted octanol–water partition coefficient (Wildman–Crippen LogP) is 1.61. The van der Waals surface area contributed by atoms with E-state index in [-0.39, 0.29) is 22.0 Å². The molecule has 25 heavy (non-hydrogen) atoms. The maximum absolute atomic E-state index is 12.2. The molecule has 1 aliphatic heterocycles. The van der Waals surface area contributed by atoms with Gasteiger partial charge >= 0.3 is 0 Å². The SMILES string of the molecule is N#CC(=C1NS(=O)(=O)c2ccccc21)c1nc2ccccc2c(=O)[nH]1. The molecule has 0 fully saturated rings. The summed E-state index contributed by atoms with van der Waals surface area (Å²) in [4.78, 5) is 19.2. The molecule has 2 heterocycles. The lowest BCUT2D eigenvalue weighted by Crippen LogP contribution is -2.16. The molecule has 0 bridgehead atoms. The average molecular weight is 350 g/mol. The maximum Gasteiger partial charge on any atom is 0.262 e. The Hall–Kier alpha value is -3.44. The summed E-state index contributed by atoms with van der Waals surface area (Å²) in [5, 5.41) is 9.98. The third-order valence-electron chi connectivity index (χ3n) is 3.89. The van der Waals surface area contributed by atoms with Crippen LogP contribution in [-0.2, 0) is 10.0 Å². The van der Waals surface area contributed by atoms with E-state index in [0.29, 0.717) is 16.5 Å². The fourth-order valence-electron chi connectivity index (χ4n) is 2.77. The van der Waals surface area contributed by atoms with Gasteiger partial charge in [0.1, 0.15) is 11.6 Å². The summed E-state index contributed by atoms with van der Waals surface area (Å²) < 4.78 is 26.9. The molecule has 0 atom stereocenters. The van der Waals surface area contributed by atoms with E-state index in [2.05, 4.69) is 14.7 Å². The number of H-pyrrole nitrogens is 1. The summed E-state index contributed by atoms with van der Waals surface area (Å²) in [7, 11) is -3.75. The number of fused-ring (bicyclic) bond motifs is 2. The molecule has 7 nitrogen and oxygen atoms in total. The number of nitrogens with zero attached hydrogens (tertiary/aromatic N) is 2. The molecular weight excluding hydrogens is 340 g/mol. The standard InChI is InChI=1S/C17H10N4O3S/c18-9-12(15-11-6-2-4-8-14(11)25(23,24)21-15)16-19-13-7-3-1-5-10(13)17(22)20-16/h1-8,21H,(H,19,20,22). The van der Waals surface area contributed by atoms with Crippen molar-refractivity contribution in [1.82, 2.24) is 14.7 Å². The summed E-state index contributed by atoms with van der Waals surface area (Å²) in [6, 6.07) is 15.0. The second-order valence-corrected chi connectivity index (χ2v) is 7.05. The van der Waals surface area contributed by atoms with Gasteiger partial charge in [0.25, 0.3) is 15.6 Å². The van der Waals surface area contributed by atoms with Gasteiger partial charge in [-0.2, -0.15) is 5.26 Å². The predicted molar refractivity (Wildman–Crippen MR) is 91.6 cm³/mol. The number of aromatic nitrogens is 2. The quantitative estimate of drug-likeness (QED) is 0.647. The largest absolute Gasteiger partial charge is 0.305 e. The van der Waals surface area contributed by atoms with Gasteiger partial charge in [-0.1, -0.05) is 30.3 Å². The van der Waals surface area contributed by atoms with Gasteiger partial charge in [0.2, 0.25) is 0 Å². The molecule has 0 amide bonds. The van der Waals surface area contributed by atoms with Crippen molar-refractivity contribution >= 4 is 32.2 Å². The van der Waals surface area contributed by atoms with E-state index in [1.54, 1.807) is 42.5 Å². The van der Waals surface area contributed by atoms with E-state index >= 15 is 0 Å². The van der Waals surface area contributed by atoms with Crippen molar-refractivity contribution in [1.29, 1.82) is 5.26 Å². The first kappa shape index (κ1) is 15.1. The van der Waals surface area contributed by atoms with Gasteiger partial charge in [0.05, 0.1) is 21.5 Å². The summed E-state index contributed by atoms with van der Waals surface area (Å²) >= 11 is 0. The summed E-state index contributed by atoms with van der Waals surface area (Å²) in [6.07, 6.45) is 0. The van der Waals surface area contributed by atoms with E-state index in [9.17, 15) is 18.5 Å². The van der Waals surface area contributed by atoms with Gasteiger partial charge in [-0.15, -0.1) is 0 Å². The molecule has 0 saturated heterocycles. The molecule has 4 rings (SSSR count). The Morgan fingerprint density at radius 2 is 1.80 bits per heavy atom. The zero-order valence-corrected chi connectivity index (χ0v) is 13.5. The lowest BCUT2D eigenvalue weighted by atomic mass is 10.1. The van der Waals surface area contributed by atoms with Crippen LogP contribution in [0.3, 0.4) is 0 Å². The first-order chi connectivity index (χ1) is 12.0. The van der Waals surface area contributed by atoms with Crippen LogP contribution in [0.15, 0.2) is 58.2 Å². The second-order valence-electron chi connectivity index (χ2n) is 5.40. The highest BCUT2D eigenvalue weighted by atomic mass is 32.2. The minimum absolute atomic E-state index is 0.0144. The lowest BCUT2D eigenvalue weighted by molar-refractivity contribution is 0.594. The number of nitriles is 1. The van der Waals surface area contributed by atoms with Crippen LogP contribution in [0.25, 0.3) is 22.2 Å². The first-order valence-electron chi connectivity index (χ1n) is 7.27. The minimum atomic E-state index is -3.75. The van der Waals surface area contributed by atoms with Crippen molar-refractivity contribution in [2.75, 3.05) is 0 Å². The van der Waals surface area contributed by atoms with Crippen molar-refractivity contribution in [2.24, 2.45) is 0 Å². The Kier molecular flexibility index (Phi) is 3.20. The van der Waals surface area contributed by atoms with Crippen LogP contribution in [0.4, 0.5) is 0 Å². The van der Waals surface area contributed by atoms with Crippen molar-refractivity contribution in [3.63, 3.8) is 0 Å². The zero-order chi connectivity index (χ0) is 17.6. The number of hydrogen-bond acceptors (Lipinski definition) is 5. The van der Waals surface area contributed by atoms with Gasteiger partial charge in [-0.05, 0) is 18.2 Å². The van der Waals surface area contributed by atoms with E-state index in [0.717, 1.165) is 0 Å². The van der Waals surface area contributed by atoms with Crippen LogP contribution in [0.5, 0.6) is 0 Å².